The lowest BCUT2D eigenvalue weighted by molar-refractivity contribution is 0.306. The Morgan fingerprint density at radius 2 is 1.75 bits per heavy atom. The third-order valence-electron chi connectivity index (χ3n) is 5.08. The van der Waals surface area contributed by atoms with Crippen LogP contribution in [0.3, 0.4) is 0 Å². The molecule has 0 aliphatic heterocycles. The fraction of sp³-hybridized carbons (Fsp3) is 0.227. The van der Waals surface area contributed by atoms with Crippen LogP contribution in [0, 0.1) is 20.8 Å². The van der Waals surface area contributed by atoms with Crippen molar-refractivity contribution >= 4 is 27.3 Å². The van der Waals surface area contributed by atoms with E-state index in [0.29, 0.717) is 33.5 Å². The fourth-order valence-electron chi connectivity index (χ4n) is 3.29. The molecule has 0 spiro atoms. The molecule has 2 aromatic heterocycles. The van der Waals surface area contributed by atoms with Gasteiger partial charge in [-0.05, 0) is 61.7 Å². The lowest BCUT2D eigenvalue weighted by atomic mass is 10.1. The molecule has 2 heterocycles. The van der Waals surface area contributed by atoms with Crippen molar-refractivity contribution in [3.8, 4) is 17.3 Å². The van der Waals surface area contributed by atoms with Gasteiger partial charge in [0.1, 0.15) is 6.61 Å². The summed E-state index contributed by atoms with van der Waals surface area (Å²) in [6.07, 6.45) is 0. The standard InChI is InChI=1S/C22H22ClN5O3S/c1-14-12-16(3)19(13-15(14)2)32(29,30)24-10-11-31-21-9-8-20-25-26-22(28(20)27-21)17-6-4-5-7-18(17)23/h4-9,12-13,24H,10-11H2,1-3H3. The molecule has 8 nitrogen and oxygen atoms in total. The zero-order chi connectivity index (χ0) is 22.9. The first-order valence-electron chi connectivity index (χ1n) is 9.94. The zero-order valence-electron chi connectivity index (χ0n) is 17.8. The van der Waals surface area contributed by atoms with Gasteiger partial charge in [-0.25, -0.2) is 13.1 Å². The van der Waals surface area contributed by atoms with Crippen molar-refractivity contribution in [3.63, 3.8) is 0 Å². The molecule has 4 aromatic rings. The predicted molar refractivity (Wildman–Crippen MR) is 123 cm³/mol. The first-order valence-corrected chi connectivity index (χ1v) is 11.8. The number of nitrogens with zero attached hydrogens (tertiary/aromatic N) is 4. The third-order valence-corrected chi connectivity index (χ3v) is 7.01. The lowest BCUT2D eigenvalue weighted by Crippen LogP contribution is -2.29. The van der Waals surface area contributed by atoms with Crippen LogP contribution < -0.4 is 9.46 Å². The van der Waals surface area contributed by atoms with E-state index in [4.69, 9.17) is 16.3 Å². The van der Waals surface area contributed by atoms with Crippen LogP contribution in [0.15, 0.2) is 53.4 Å². The van der Waals surface area contributed by atoms with E-state index in [9.17, 15) is 8.42 Å². The number of aryl methyl sites for hydroxylation is 3. The van der Waals surface area contributed by atoms with Crippen molar-refractivity contribution in [2.45, 2.75) is 25.7 Å². The number of hydrogen-bond donors (Lipinski definition) is 1. The summed E-state index contributed by atoms with van der Waals surface area (Å²) in [7, 11) is -3.65. The van der Waals surface area contributed by atoms with Gasteiger partial charge >= 0.3 is 0 Å². The quantitative estimate of drug-likeness (QED) is 0.412. The van der Waals surface area contributed by atoms with Gasteiger partial charge in [0.05, 0.1) is 9.92 Å². The molecule has 1 N–H and O–H groups in total. The van der Waals surface area contributed by atoms with Crippen LogP contribution in [0.25, 0.3) is 17.0 Å². The minimum Gasteiger partial charge on any atom is -0.475 e. The van der Waals surface area contributed by atoms with Crippen molar-refractivity contribution in [3.05, 3.63) is 70.2 Å². The number of halogens is 1. The normalized spacial score (nSPS) is 11.8. The molecule has 0 amide bonds. The van der Waals surface area contributed by atoms with Gasteiger partial charge in [0.25, 0.3) is 0 Å². The maximum atomic E-state index is 12.7. The summed E-state index contributed by atoms with van der Waals surface area (Å²) in [4.78, 5) is 0.272. The van der Waals surface area contributed by atoms with Crippen molar-refractivity contribution in [1.82, 2.24) is 24.5 Å². The Morgan fingerprint density at radius 3 is 2.53 bits per heavy atom. The van der Waals surface area contributed by atoms with E-state index in [2.05, 4.69) is 20.0 Å². The maximum Gasteiger partial charge on any atom is 0.240 e. The van der Waals surface area contributed by atoms with E-state index in [1.807, 2.05) is 38.1 Å². The Balaban J connectivity index is 1.46. The SMILES string of the molecule is Cc1cc(C)c(S(=O)(=O)NCCOc2ccc3nnc(-c4ccccc4Cl)n3n2)cc1C. The summed E-state index contributed by atoms with van der Waals surface area (Å²) in [5, 5.41) is 13.2. The topological polar surface area (TPSA) is 98.5 Å². The van der Waals surface area contributed by atoms with E-state index in [-0.39, 0.29) is 18.0 Å². The molecule has 0 aliphatic rings. The molecule has 4 rings (SSSR count). The number of benzene rings is 2. The second kappa shape index (κ2) is 8.85. The molecule has 166 valence electrons. The smallest absolute Gasteiger partial charge is 0.240 e. The van der Waals surface area contributed by atoms with Crippen molar-refractivity contribution < 1.29 is 13.2 Å². The van der Waals surface area contributed by atoms with Crippen molar-refractivity contribution in [1.29, 1.82) is 0 Å². The molecule has 0 bridgehead atoms. The predicted octanol–water partition coefficient (Wildman–Crippen LogP) is 3.73. The Kier molecular flexibility index (Phi) is 6.14. The first-order chi connectivity index (χ1) is 15.3. The van der Waals surface area contributed by atoms with Gasteiger partial charge in [0, 0.05) is 18.2 Å². The second-order valence-electron chi connectivity index (χ2n) is 7.39. The Hall–Kier alpha value is -3.01. The molecule has 0 saturated heterocycles. The number of sulfonamides is 1. The van der Waals surface area contributed by atoms with Gasteiger partial charge in [-0.1, -0.05) is 29.8 Å². The molecular formula is C22H22ClN5O3S. The Bertz CT molecular complexity index is 1400. The summed E-state index contributed by atoms with van der Waals surface area (Å²) in [6.45, 7) is 5.82. The summed E-state index contributed by atoms with van der Waals surface area (Å²) >= 11 is 6.28. The number of nitrogens with one attached hydrogen (secondary N) is 1. The highest BCUT2D eigenvalue weighted by atomic mass is 35.5. The van der Waals surface area contributed by atoms with Crippen molar-refractivity contribution in [2.75, 3.05) is 13.2 Å². The van der Waals surface area contributed by atoms with Gasteiger partial charge in [0.2, 0.25) is 15.9 Å². The highest BCUT2D eigenvalue weighted by Gasteiger charge is 2.18. The van der Waals surface area contributed by atoms with Gasteiger partial charge in [0.15, 0.2) is 11.5 Å². The largest absolute Gasteiger partial charge is 0.475 e. The highest BCUT2D eigenvalue weighted by molar-refractivity contribution is 7.89. The average Bonchev–Trinajstić information content (AvgIpc) is 3.17. The zero-order valence-corrected chi connectivity index (χ0v) is 19.4. The van der Waals surface area contributed by atoms with Crippen LogP contribution in [0.2, 0.25) is 5.02 Å². The van der Waals surface area contributed by atoms with Crippen LogP contribution in [0.1, 0.15) is 16.7 Å². The third kappa shape index (κ3) is 4.45. The molecule has 32 heavy (non-hydrogen) atoms. The highest BCUT2D eigenvalue weighted by Crippen LogP contribution is 2.26. The fourth-order valence-corrected chi connectivity index (χ4v) is 4.84. The van der Waals surface area contributed by atoms with Gasteiger partial charge in [-0.2, -0.15) is 4.52 Å². The molecule has 2 aromatic carbocycles. The summed E-state index contributed by atoms with van der Waals surface area (Å²) in [6, 6.07) is 14.2. The monoisotopic (exact) mass is 471 g/mol. The number of ether oxygens (including phenoxy) is 1. The molecule has 10 heteroatoms. The van der Waals surface area contributed by atoms with E-state index in [1.165, 1.54) is 0 Å². The molecule has 0 radical (unpaired) electrons. The molecule has 0 fully saturated rings. The van der Waals surface area contributed by atoms with E-state index in [1.54, 1.807) is 35.7 Å². The van der Waals surface area contributed by atoms with Crippen molar-refractivity contribution in [2.24, 2.45) is 0 Å². The van der Waals surface area contributed by atoms with Crippen LogP contribution in [0.5, 0.6) is 5.88 Å². The van der Waals surface area contributed by atoms with Gasteiger partial charge in [-0.15, -0.1) is 15.3 Å². The second-order valence-corrected chi connectivity index (χ2v) is 9.54. The Labute approximate surface area is 191 Å². The Morgan fingerprint density at radius 1 is 1.00 bits per heavy atom. The number of fused-ring (bicyclic) bond motifs is 1. The van der Waals surface area contributed by atoms with Crippen LogP contribution >= 0.6 is 11.6 Å². The van der Waals surface area contributed by atoms with Crippen LogP contribution in [0.4, 0.5) is 0 Å². The summed E-state index contributed by atoms with van der Waals surface area (Å²) < 4.78 is 35.2. The number of rotatable bonds is 7. The number of aromatic nitrogens is 4. The van der Waals surface area contributed by atoms with Gasteiger partial charge in [-0.3, -0.25) is 0 Å². The number of hydrogen-bond acceptors (Lipinski definition) is 6. The van der Waals surface area contributed by atoms with E-state index >= 15 is 0 Å². The molecule has 0 unspecified atom stereocenters. The molecule has 0 saturated carbocycles. The van der Waals surface area contributed by atoms with Crippen LogP contribution in [-0.4, -0.2) is 41.4 Å². The summed E-state index contributed by atoms with van der Waals surface area (Å²) in [5.74, 6) is 0.800. The molecular weight excluding hydrogens is 450 g/mol. The molecule has 0 atom stereocenters. The first kappa shape index (κ1) is 22.2. The maximum absolute atomic E-state index is 12.7. The minimum absolute atomic E-state index is 0.0912. The van der Waals surface area contributed by atoms with E-state index < -0.39 is 10.0 Å². The minimum atomic E-state index is -3.65. The van der Waals surface area contributed by atoms with Crippen LogP contribution in [-0.2, 0) is 10.0 Å². The van der Waals surface area contributed by atoms with E-state index in [0.717, 1.165) is 11.1 Å². The average molecular weight is 472 g/mol. The summed E-state index contributed by atoms with van der Waals surface area (Å²) in [5.41, 5.74) is 3.92. The molecule has 0 aliphatic carbocycles. The van der Waals surface area contributed by atoms with Gasteiger partial charge < -0.3 is 4.74 Å². The lowest BCUT2D eigenvalue weighted by Gasteiger charge is -2.12.